The van der Waals surface area contributed by atoms with Crippen molar-refractivity contribution in [2.45, 2.75) is 57.4 Å². The average Bonchev–Trinajstić information content (AvgIpc) is 2.62. The zero-order chi connectivity index (χ0) is 16.6. The molecule has 5 atom stereocenters. The molecule has 0 bridgehead atoms. The molecule has 2 nitrogen and oxygen atoms in total. The molecular formula is C18H24O2. The van der Waals surface area contributed by atoms with Crippen LogP contribution < -0.4 is 0 Å². The van der Waals surface area contributed by atoms with Crippen molar-refractivity contribution < 1.29 is 14.3 Å². The molecule has 2 heteroatoms. The quantitative estimate of drug-likeness (QED) is 0.759. The fraction of sp³-hybridized carbons (Fsp3) is 0.667. The van der Waals surface area contributed by atoms with Gasteiger partial charge in [-0.25, -0.2) is 0 Å². The molecule has 0 unspecified atom stereocenters. The van der Waals surface area contributed by atoms with E-state index in [0.29, 0.717) is 24.0 Å². The van der Waals surface area contributed by atoms with Crippen LogP contribution in [0.4, 0.5) is 0 Å². The molecule has 1 aromatic rings. The highest BCUT2D eigenvalue weighted by Crippen LogP contribution is 2.60. The van der Waals surface area contributed by atoms with Gasteiger partial charge in [0, 0.05) is 2.74 Å². The molecule has 4 rings (SSSR count). The lowest BCUT2D eigenvalue weighted by Crippen LogP contribution is -2.43. The van der Waals surface area contributed by atoms with Gasteiger partial charge in [-0.2, -0.15) is 0 Å². The molecule has 108 valence electrons. The monoisotopic (exact) mass is 275 g/mol. The summed E-state index contributed by atoms with van der Waals surface area (Å²) in [7, 11) is 0. The van der Waals surface area contributed by atoms with Crippen molar-refractivity contribution in [2.24, 2.45) is 17.3 Å². The highest BCUT2D eigenvalue weighted by atomic mass is 16.3. The van der Waals surface area contributed by atoms with Gasteiger partial charge in [-0.15, -0.1) is 0 Å². The second-order valence-corrected chi connectivity index (χ2v) is 6.98. The van der Waals surface area contributed by atoms with Crippen molar-refractivity contribution in [1.82, 2.24) is 0 Å². The Morgan fingerprint density at radius 1 is 1.35 bits per heavy atom. The predicted octanol–water partition coefficient (Wildman–Crippen LogP) is 3.61. The van der Waals surface area contributed by atoms with Crippen LogP contribution in [0, 0.1) is 17.3 Å². The maximum absolute atomic E-state index is 10.7. The van der Waals surface area contributed by atoms with Crippen LogP contribution in [0.1, 0.15) is 60.1 Å². The van der Waals surface area contributed by atoms with E-state index < -0.39 is 17.9 Å². The van der Waals surface area contributed by atoms with Gasteiger partial charge in [0.25, 0.3) is 0 Å². The molecule has 2 saturated carbocycles. The van der Waals surface area contributed by atoms with Gasteiger partial charge >= 0.3 is 0 Å². The van der Waals surface area contributed by atoms with Crippen molar-refractivity contribution in [2.75, 3.05) is 0 Å². The first kappa shape index (κ1) is 9.83. The second kappa shape index (κ2) is 4.24. The van der Waals surface area contributed by atoms with Gasteiger partial charge in [0.2, 0.25) is 0 Å². The summed E-state index contributed by atoms with van der Waals surface area (Å²) in [5.74, 6) is 1.03. The molecular weight excluding hydrogens is 248 g/mol. The summed E-state index contributed by atoms with van der Waals surface area (Å²) in [6, 6.07) is 5.61. The summed E-state index contributed by atoms with van der Waals surface area (Å²) in [6.07, 6.45) is -0.185. The highest BCUT2D eigenvalue weighted by molar-refractivity contribution is 5.40. The van der Waals surface area contributed by atoms with E-state index in [-0.39, 0.29) is 12.3 Å². The minimum absolute atomic E-state index is 0.0423. The number of benzene rings is 1. The van der Waals surface area contributed by atoms with Crippen LogP contribution in [0.3, 0.4) is 0 Å². The maximum Gasteiger partial charge on any atom is 0.115 e. The summed E-state index contributed by atoms with van der Waals surface area (Å²) in [4.78, 5) is 0. The standard InChI is InChI=1S/C18H24O2/c1-18-9-8-14-13-5-3-12(19)10-11(13)2-4-15(14)16(18)6-7-17(18)20/h3,5,10,14-17,19-20H,2,4,6-9H2,1H3/t14-,15-,16+,17+,18+/m0/s1/i7D2,17D. The third kappa shape index (κ3) is 1.60. The van der Waals surface area contributed by atoms with Gasteiger partial charge in [-0.05, 0) is 84.9 Å². The van der Waals surface area contributed by atoms with E-state index in [4.69, 9.17) is 4.11 Å². The number of aliphatic hydroxyl groups is 1. The van der Waals surface area contributed by atoms with E-state index in [2.05, 4.69) is 0 Å². The number of aryl methyl sites for hydroxylation is 1. The summed E-state index contributed by atoms with van der Waals surface area (Å²) in [5.41, 5.74) is 1.81. The number of hydrogen-bond acceptors (Lipinski definition) is 2. The van der Waals surface area contributed by atoms with Gasteiger partial charge < -0.3 is 10.2 Å². The zero-order valence-corrected chi connectivity index (χ0v) is 11.9. The minimum Gasteiger partial charge on any atom is -0.508 e. The molecule has 0 saturated heterocycles. The third-order valence-corrected chi connectivity index (χ3v) is 6.13. The first-order chi connectivity index (χ1) is 10.7. The van der Waals surface area contributed by atoms with Gasteiger partial charge in [-0.1, -0.05) is 13.0 Å². The Balaban J connectivity index is 1.75. The number of fused-ring (bicyclic) bond motifs is 5. The normalized spacial score (nSPS) is 51.1. The van der Waals surface area contributed by atoms with Crippen molar-refractivity contribution >= 4 is 0 Å². The molecule has 1 aromatic carbocycles. The van der Waals surface area contributed by atoms with E-state index in [9.17, 15) is 10.2 Å². The molecule has 2 fully saturated rings. The largest absolute Gasteiger partial charge is 0.508 e. The molecule has 0 aliphatic heterocycles. The molecule has 2 N–H and O–H groups in total. The van der Waals surface area contributed by atoms with E-state index >= 15 is 0 Å². The van der Waals surface area contributed by atoms with Crippen LogP contribution in [0.15, 0.2) is 18.2 Å². The number of phenols is 1. The predicted molar refractivity (Wildman–Crippen MR) is 78.7 cm³/mol. The topological polar surface area (TPSA) is 40.5 Å². The van der Waals surface area contributed by atoms with Crippen LogP contribution in [-0.4, -0.2) is 16.3 Å². The van der Waals surface area contributed by atoms with Gasteiger partial charge in [0.1, 0.15) is 5.75 Å². The third-order valence-electron chi connectivity index (χ3n) is 6.13. The fourth-order valence-electron chi connectivity index (χ4n) is 4.97. The van der Waals surface area contributed by atoms with E-state index in [1.807, 2.05) is 19.1 Å². The van der Waals surface area contributed by atoms with Crippen LogP contribution >= 0.6 is 0 Å². The summed E-state index contributed by atoms with van der Waals surface area (Å²) in [5, 5.41) is 20.4. The van der Waals surface area contributed by atoms with E-state index in [1.54, 1.807) is 6.07 Å². The number of hydrogen-bond donors (Lipinski definition) is 2. The highest BCUT2D eigenvalue weighted by Gasteiger charge is 2.54. The SMILES string of the molecule is [2H]C1([2H])C[C@@H]2[C@H]3CCc4cc(O)ccc4[C@@H]3CC[C@@]2(C)[C@]1([2H])O. The number of phenolic OH excluding ortho intramolecular Hbond substituents is 1. The zero-order valence-electron chi connectivity index (χ0n) is 14.9. The molecule has 0 radical (unpaired) electrons. The van der Waals surface area contributed by atoms with Crippen molar-refractivity contribution in [3.63, 3.8) is 0 Å². The van der Waals surface area contributed by atoms with Crippen LogP contribution in [0.5, 0.6) is 5.75 Å². The lowest BCUT2D eigenvalue weighted by molar-refractivity contribution is -0.0226. The fourth-order valence-corrected chi connectivity index (χ4v) is 4.97. The van der Waals surface area contributed by atoms with Gasteiger partial charge in [0.15, 0.2) is 0 Å². The van der Waals surface area contributed by atoms with Crippen LogP contribution in [0.2, 0.25) is 0 Å². The Morgan fingerprint density at radius 2 is 2.20 bits per heavy atom. The number of rotatable bonds is 0. The van der Waals surface area contributed by atoms with Crippen molar-refractivity contribution in [3.05, 3.63) is 29.3 Å². The molecule has 20 heavy (non-hydrogen) atoms. The molecule has 3 aliphatic carbocycles. The lowest BCUT2D eigenvalue weighted by Gasteiger charge is -2.50. The molecule has 0 spiro atoms. The Bertz CT molecular complexity index is 658. The second-order valence-electron chi connectivity index (χ2n) is 6.98. The Kier molecular flexibility index (Phi) is 2.08. The van der Waals surface area contributed by atoms with E-state index in [0.717, 1.165) is 19.3 Å². The summed E-state index contributed by atoms with van der Waals surface area (Å²) < 4.78 is 24.7. The van der Waals surface area contributed by atoms with Crippen LogP contribution in [-0.2, 0) is 6.42 Å². The maximum atomic E-state index is 10.7. The smallest absolute Gasteiger partial charge is 0.115 e. The molecule has 0 amide bonds. The average molecular weight is 275 g/mol. The minimum atomic E-state index is -2.01. The Labute approximate surface area is 125 Å². The first-order valence-corrected chi connectivity index (χ1v) is 7.71. The molecule has 0 aromatic heterocycles. The lowest BCUT2D eigenvalue weighted by atomic mass is 9.55. The van der Waals surface area contributed by atoms with Crippen molar-refractivity contribution in [1.29, 1.82) is 0 Å². The Hall–Kier alpha value is -1.02. The number of aromatic hydroxyl groups is 1. The molecule has 3 aliphatic rings. The van der Waals surface area contributed by atoms with E-state index in [1.165, 1.54) is 11.1 Å². The van der Waals surface area contributed by atoms with Gasteiger partial charge in [-0.3, -0.25) is 0 Å². The van der Waals surface area contributed by atoms with Gasteiger partial charge in [0.05, 0.1) is 7.45 Å². The van der Waals surface area contributed by atoms with Crippen molar-refractivity contribution in [3.8, 4) is 5.75 Å². The van der Waals surface area contributed by atoms with Crippen LogP contribution in [0.25, 0.3) is 0 Å². The molecule has 0 heterocycles. The Morgan fingerprint density at radius 3 is 3.05 bits per heavy atom. The summed E-state index contributed by atoms with van der Waals surface area (Å²) >= 11 is 0. The first-order valence-electron chi connectivity index (χ1n) is 9.21. The summed E-state index contributed by atoms with van der Waals surface area (Å²) in [6.45, 7) is 1.91.